The molecule has 0 atom stereocenters. The molecule has 19 heavy (non-hydrogen) atoms. The third-order valence-corrected chi connectivity index (χ3v) is 3.60. The Balaban J connectivity index is 2.48. The van der Waals surface area contributed by atoms with E-state index in [0.29, 0.717) is 18.2 Å². The zero-order valence-corrected chi connectivity index (χ0v) is 12.6. The quantitative estimate of drug-likeness (QED) is 0.735. The van der Waals surface area contributed by atoms with E-state index < -0.39 is 5.82 Å². The van der Waals surface area contributed by atoms with Gasteiger partial charge in [0.2, 0.25) is 0 Å². The predicted molar refractivity (Wildman–Crippen MR) is 78.6 cm³/mol. The van der Waals surface area contributed by atoms with Gasteiger partial charge in [-0.25, -0.2) is 9.37 Å². The summed E-state index contributed by atoms with van der Waals surface area (Å²) in [5.41, 5.74) is 1.53. The zero-order chi connectivity index (χ0) is 14.0. The third-order valence-electron chi connectivity index (χ3n) is 3.12. The molecule has 0 spiro atoms. The number of aromatic nitrogens is 2. The van der Waals surface area contributed by atoms with Gasteiger partial charge < -0.3 is 4.57 Å². The van der Waals surface area contributed by atoms with Gasteiger partial charge in [0.15, 0.2) is 0 Å². The molecule has 2 aromatic rings. The fourth-order valence-electron chi connectivity index (χ4n) is 2.08. The Kier molecular flexibility index (Phi) is 4.69. The van der Waals surface area contributed by atoms with Crippen molar-refractivity contribution in [2.24, 2.45) is 5.92 Å². The van der Waals surface area contributed by atoms with Gasteiger partial charge in [-0.2, -0.15) is 0 Å². The first-order valence-electron chi connectivity index (χ1n) is 6.43. The lowest BCUT2D eigenvalue weighted by atomic mass is 10.1. The van der Waals surface area contributed by atoms with Crippen molar-refractivity contribution in [3.8, 4) is 0 Å². The summed E-state index contributed by atoms with van der Waals surface area (Å²) >= 11 is 11.6. The van der Waals surface area contributed by atoms with Crippen molar-refractivity contribution >= 4 is 34.2 Å². The standard InChI is InChI=1S/C14H17Cl2FN2/c1-9(2)4-6-19-13-8-11(17)10(16)7-12(13)18-14(19)3-5-15/h7-9H,3-6H2,1-2H3. The number of hydrogen-bond acceptors (Lipinski definition) is 1. The maximum absolute atomic E-state index is 13.6. The highest BCUT2D eigenvalue weighted by molar-refractivity contribution is 6.31. The number of fused-ring (bicyclic) bond motifs is 1. The van der Waals surface area contributed by atoms with Crippen LogP contribution < -0.4 is 0 Å². The largest absolute Gasteiger partial charge is 0.328 e. The maximum atomic E-state index is 13.6. The predicted octanol–water partition coefficient (Wildman–Crippen LogP) is 4.66. The Morgan fingerprint density at radius 1 is 1.37 bits per heavy atom. The van der Waals surface area contributed by atoms with Gasteiger partial charge in [0.25, 0.3) is 0 Å². The van der Waals surface area contributed by atoms with E-state index >= 15 is 0 Å². The second-order valence-electron chi connectivity index (χ2n) is 5.06. The fraction of sp³-hybridized carbons (Fsp3) is 0.500. The number of imidazole rings is 1. The first-order chi connectivity index (χ1) is 9.02. The molecule has 0 unspecified atom stereocenters. The molecule has 0 bridgehead atoms. The van der Waals surface area contributed by atoms with Gasteiger partial charge in [-0.1, -0.05) is 25.4 Å². The van der Waals surface area contributed by atoms with Gasteiger partial charge in [-0.15, -0.1) is 11.6 Å². The van der Waals surface area contributed by atoms with Crippen LogP contribution in [0.25, 0.3) is 11.0 Å². The van der Waals surface area contributed by atoms with Gasteiger partial charge >= 0.3 is 0 Å². The van der Waals surface area contributed by atoms with Gasteiger partial charge in [0.05, 0.1) is 16.1 Å². The van der Waals surface area contributed by atoms with Gasteiger partial charge in [0.1, 0.15) is 11.6 Å². The number of aryl methyl sites for hydroxylation is 2. The molecule has 0 aliphatic carbocycles. The average Bonchev–Trinajstić information content (AvgIpc) is 2.65. The lowest BCUT2D eigenvalue weighted by molar-refractivity contribution is 0.513. The molecule has 0 saturated carbocycles. The molecular weight excluding hydrogens is 286 g/mol. The maximum Gasteiger partial charge on any atom is 0.144 e. The molecule has 104 valence electrons. The van der Waals surface area contributed by atoms with E-state index in [1.807, 2.05) is 0 Å². The summed E-state index contributed by atoms with van der Waals surface area (Å²) in [5.74, 6) is 1.57. The SMILES string of the molecule is CC(C)CCn1c(CCCl)nc2cc(Cl)c(F)cc21. The van der Waals surface area contributed by atoms with Crippen LogP contribution >= 0.6 is 23.2 Å². The molecule has 0 N–H and O–H groups in total. The molecule has 0 aliphatic rings. The monoisotopic (exact) mass is 302 g/mol. The molecule has 1 aromatic heterocycles. The molecule has 0 radical (unpaired) electrons. The lowest BCUT2D eigenvalue weighted by Crippen LogP contribution is -2.07. The molecular formula is C14H17Cl2FN2. The molecule has 0 aliphatic heterocycles. The number of rotatable bonds is 5. The first kappa shape index (κ1) is 14.6. The van der Waals surface area contributed by atoms with Crippen LogP contribution in [0, 0.1) is 11.7 Å². The number of alkyl halides is 1. The van der Waals surface area contributed by atoms with Gasteiger partial charge in [0, 0.05) is 24.9 Å². The van der Waals surface area contributed by atoms with Crippen molar-refractivity contribution in [2.45, 2.75) is 33.2 Å². The van der Waals surface area contributed by atoms with Crippen LogP contribution in [0.15, 0.2) is 12.1 Å². The minimum absolute atomic E-state index is 0.110. The molecule has 1 heterocycles. The Labute approximate surface area is 122 Å². The Hall–Kier alpha value is -0.800. The van der Waals surface area contributed by atoms with Crippen molar-refractivity contribution in [1.82, 2.24) is 9.55 Å². The normalized spacial score (nSPS) is 11.7. The van der Waals surface area contributed by atoms with E-state index in [1.165, 1.54) is 6.07 Å². The number of halogens is 3. The molecule has 1 aromatic carbocycles. The number of nitrogens with zero attached hydrogens (tertiary/aromatic N) is 2. The van der Waals surface area contributed by atoms with Crippen LogP contribution in [-0.2, 0) is 13.0 Å². The smallest absolute Gasteiger partial charge is 0.144 e. The van der Waals surface area contributed by atoms with E-state index in [0.717, 1.165) is 29.8 Å². The van der Waals surface area contributed by atoms with Gasteiger partial charge in [-0.05, 0) is 18.4 Å². The third kappa shape index (κ3) is 3.21. The highest BCUT2D eigenvalue weighted by Crippen LogP contribution is 2.25. The fourth-order valence-corrected chi connectivity index (χ4v) is 2.41. The lowest BCUT2D eigenvalue weighted by Gasteiger charge is -2.10. The first-order valence-corrected chi connectivity index (χ1v) is 7.34. The van der Waals surface area contributed by atoms with Crippen LogP contribution in [0.4, 0.5) is 4.39 Å². The zero-order valence-electron chi connectivity index (χ0n) is 11.1. The highest BCUT2D eigenvalue weighted by atomic mass is 35.5. The van der Waals surface area contributed by atoms with E-state index in [-0.39, 0.29) is 5.02 Å². The topological polar surface area (TPSA) is 17.8 Å². The Bertz CT molecular complexity index is 578. The molecule has 0 fully saturated rings. The summed E-state index contributed by atoms with van der Waals surface area (Å²) in [6, 6.07) is 3.04. The second-order valence-corrected chi connectivity index (χ2v) is 5.84. The molecule has 2 rings (SSSR count). The molecule has 2 nitrogen and oxygen atoms in total. The van der Waals surface area contributed by atoms with E-state index in [4.69, 9.17) is 23.2 Å². The van der Waals surface area contributed by atoms with Crippen molar-refractivity contribution in [2.75, 3.05) is 5.88 Å². The summed E-state index contributed by atoms with van der Waals surface area (Å²) in [5, 5.41) is 0.110. The summed E-state index contributed by atoms with van der Waals surface area (Å²) in [6.45, 7) is 5.15. The van der Waals surface area contributed by atoms with E-state index in [9.17, 15) is 4.39 Å². The number of benzene rings is 1. The number of hydrogen-bond donors (Lipinski definition) is 0. The van der Waals surface area contributed by atoms with E-state index in [2.05, 4.69) is 23.4 Å². The summed E-state index contributed by atoms with van der Waals surface area (Å²) in [7, 11) is 0. The van der Waals surface area contributed by atoms with Gasteiger partial charge in [-0.3, -0.25) is 0 Å². The molecule has 0 saturated heterocycles. The van der Waals surface area contributed by atoms with Crippen molar-refractivity contribution in [1.29, 1.82) is 0 Å². The Morgan fingerprint density at radius 3 is 2.74 bits per heavy atom. The summed E-state index contributed by atoms with van der Waals surface area (Å²) < 4.78 is 15.7. The van der Waals surface area contributed by atoms with Crippen LogP contribution in [0.1, 0.15) is 26.1 Å². The van der Waals surface area contributed by atoms with Crippen LogP contribution in [0.2, 0.25) is 5.02 Å². The highest BCUT2D eigenvalue weighted by Gasteiger charge is 2.13. The van der Waals surface area contributed by atoms with Crippen molar-refractivity contribution < 1.29 is 4.39 Å². The van der Waals surface area contributed by atoms with Crippen LogP contribution in [0.3, 0.4) is 0 Å². The Morgan fingerprint density at radius 2 is 2.11 bits per heavy atom. The van der Waals surface area contributed by atoms with E-state index in [1.54, 1.807) is 6.07 Å². The van der Waals surface area contributed by atoms with Crippen LogP contribution in [0.5, 0.6) is 0 Å². The molecule has 5 heteroatoms. The summed E-state index contributed by atoms with van der Waals surface area (Å²) in [4.78, 5) is 4.51. The van der Waals surface area contributed by atoms with Crippen molar-refractivity contribution in [3.63, 3.8) is 0 Å². The minimum Gasteiger partial charge on any atom is -0.328 e. The average molecular weight is 303 g/mol. The second kappa shape index (κ2) is 6.10. The summed E-state index contributed by atoms with van der Waals surface area (Å²) in [6.07, 6.45) is 1.69. The molecule has 0 amide bonds. The minimum atomic E-state index is -0.405. The van der Waals surface area contributed by atoms with Crippen molar-refractivity contribution in [3.05, 3.63) is 28.8 Å². The van der Waals surface area contributed by atoms with Crippen LogP contribution in [-0.4, -0.2) is 15.4 Å².